The van der Waals surface area contributed by atoms with Crippen molar-refractivity contribution in [2.24, 2.45) is 0 Å². The maximum absolute atomic E-state index is 12.6. The average Bonchev–Trinajstić information content (AvgIpc) is 3.24. The second-order valence-electron chi connectivity index (χ2n) is 5.37. The molecule has 1 fully saturated rings. The Bertz CT molecular complexity index is 795. The van der Waals surface area contributed by atoms with Gasteiger partial charge in [-0.15, -0.1) is 0 Å². The van der Waals surface area contributed by atoms with Crippen LogP contribution >= 0.6 is 0 Å². The minimum atomic E-state index is -0.132. The zero-order valence-corrected chi connectivity index (χ0v) is 11.9. The van der Waals surface area contributed by atoms with Crippen molar-refractivity contribution < 1.29 is 9.32 Å². The average molecular weight is 297 g/mol. The minimum absolute atomic E-state index is 0.0481. The summed E-state index contributed by atoms with van der Waals surface area (Å²) in [7, 11) is 0. The third kappa shape index (κ3) is 2.14. The topological polar surface area (TPSA) is 76.5 Å². The number of aromatic nitrogens is 4. The van der Waals surface area contributed by atoms with Gasteiger partial charge in [-0.05, 0) is 25.3 Å². The molecule has 0 saturated carbocycles. The lowest BCUT2D eigenvalue weighted by molar-refractivity contribution is 0.0564. The van der Waals surface area contributed by atoms with E-state index in [0.717, 1.165) is 25.0 Å². The fraction of sp³-hybridized carbons (Fsp3) is 0.333. The molecule has 1 atom stereocenters. The summed E-state index contributed by atoms with van der Waals surface area (Å²) in [5.74, 6) is 0.788. The van der Waals surface area contributed by atoms with Crippen LogP contribution in [0.15, 0.2) is 41.4 Å². The summed E-state index contributed by atoms with van der Waals surface area (Å²) in [6, 6.07) is 3.50. The van der Waals surface area contributed by atoms with Gasteiger partial charge < -0.3 is 9.42 Å². The predicted molar refractivity (Wildman–Crippen MR) is 77.1 cm³/mol. The maximum Gasteiger partial charge on any atom is 0.293 e. The van der Waals surface area contributed by atoms with E-state index in [2.05, 4.69) is 15.1 Å². The highest BCUT2D eigenvalue weighted by Crippen LogP contribution is 2.31. The van der Waals surface area contributed by atoms with E-state index < -0.39 is 0 Å². The Morgan fingerprint density at radius 3 is 3.05 bits per heavy atom. The highest BCUT2D eigenvalue weighted by atomic mass is 16.5. The molecule has 7 nitrogen and oxygen atoms in total. The van der Waals surface area contributed by atoms with Crippen molar-refractivity contribution >= 4 is 11.7 Å². The molecule has 7 heteroatoms. The minimum Gasteiger partial charge on any atom is -0.351 e. The van der Waals surface area contributed by atoms with Gasteiger partial charge in [0.15, 0.2) is 0 Å². The number of carbonyl (C=O) groups is 1. The SMILES string of the molecule is O=C(c1ccno1)N1CCCC[C@@H]1c1ccn2ccnc2n1. The van der Waals surface area contributed by atoms with Gasteiger partial charge in [0, 0.05) is 31.2 Å². The van der Waals surface area contributed by atoms with Crippen LogP contribution in [0.1, 0.15) is 41.6 Å². The number of fused-ring (bicyclic) bond motifs is 1. The first-order valence-electron chi connectivity index (χ1n) is 7.34. The third-order valence-electron chi connectivity index (χ3n) is 4.04. The molecular weight excluding hydrogens is 282 g/mol. The Morgan fingerprint density at radius 1 is 1.23 bits per heavy atom. The zero-order chi connectivity index (χ0) is 14.9. The number of carbonyl (C=O) groups excluding carboxylic acids is 1. The number of piperidine rings is 1. The summed E-state index contributed by atoms with van der Waals surface area (Å²) in [4.78, 5) is 23.2. The number of nitrogens with zero attached hydrogens (tertiary/aromatic N) is 5. The van der Waals surface area contributed by atoms with Gasteiger partial charge in [-0.2, -0.15) is 0 Å². The normalized spacial score (nSPS) is 18.7. The second kappa shape index (κ2) is 5.25. The first-order valence-corrected chi connectivity index (χ1v) is 7.34. The zero-order valence-electron chi connectivity index (χ0n) is 11.9. The summed E-state index contributed by atoms with van der Waals surface area (Å²) in [5.41, 5.74) is 0.867. The molecule has 0 spiro atoms. The van der Waals surface area contributed by atoms with E-state index in [1.807, 2.05) is 27.8 Å². The van der Waals surface area contributed by atoms with Crippen LogP contribution in [0, 0.1) is 0 Å². The number of rotatable bonds is 2. The molecule has 0 bridgehead atoms. The van der Waals surface area contributed by atoms with Crippen LogP contribution in [-0.2, 0) is 0 Å². The molecule has 0 N–H and O–H groups in total. The van der Waals surface area contributed by atoms with Crippen LogP contribution in [0.3, 0.4) is 0 Å². The van der Waals surface area contributed by atoms with Crippen LogP contribution in [0.25, 0.3) is 5.78 Å². The Morgan fingerprint density at radius 2 is 2.18 bits per heavy atom. The molecule has 0 radical (unpaired) electrons. The predicted octanol–water partition coefficient (Wildman–Crippen LogP) is 2.08. The summed E-state index contributed by atoms with van der Waals surface area (Å²) >= 11 is 0. The summed E-state index contributed by atoms with van der Waals surface area (Å²) in [5, 5.41) is 3.62. The van der Waals surface area contributed by atoms with E-state index in [0.29, 0.717) is 12.3 Å². The molecule has 3 aromatic rings. The summed E-state index contributed by atoms with van der Waals surface area (Å²) in [6.07, 6.45) is 9.93. The van der Waals surface area contributed by atoms with Crippen LogP contribution < -0.4 is 0 Å². The lowest BCUT2D eigenvalue weighted by Gasteiger charge is -2.34. The molecule has 0 aliphatic carbocycles. The molecule has 4 heterocycles. The molecular formula is C15H15N5O2. The van der Waals surface area contributed by atoms with E-state index in [1.165, 1.54) is 6.20 Å². The lowest BCUT2D eigenvalue weighted by Crippen LogP contribution is -2.38. The standard InChI is InChI=1S/C15H15N5O2/c21-14(13-4-6-17-22-13)20-8-2-1-3-12(20)11-5-9-19-10-7-16-15(19)18-11/h4-7,9-10,12H,1-3,8H2/t12-/m1/s1. The molecule has 1 amide bonds. The smallest absolute Gasteiger partial charge is 0.293 e. The second-order valence-corrected chi connectivity index (χ2v) is 5.37. The van der Waals surface area contributed by atoms with Crippen molar-refractivity contribution in [2.75, 3.05) is 6.54 Å². The first-order chi connectivity index (χ1) is 10.8. The van der Waals surface area contributed by atoms with Crippen molar-refractivity contribution in [2.45, 2.75) is 25.3 Å². The van der Waals surface area contributed by atoms with Crippen molar-refractivity contribution in [1.82, 2.24) is 24.4 Å². The van der Waals surface area contributed by atoms with Gasteiger partial charge in [-0.3, -0.25) is 9.20 Å². The summed E-state index contributed by atoms with van der Waals surface area (Å²) < 4.78 is 6.87. The summed E-state index contributed by atoms with van der Waals surface area (Å²) in [6.45, 7) is 0.700. The number of amides is 1. The highest BCUT2D eigenvalue weighted by Gasteiger charge is 2.31. The molecule has 0 aromatic carbocycles. The first kappa shape index (κ1) is 13.0. The Kier molecular flexibility index (Phi) is 3.10. The van der Waals surface area contributed by atoms with Crippen LogP contribution in [0.5, 0.6) is 0 Å². The van der Waals surface area contributed by atoms with E-state index in [4.69, 9.17) is 4.52 Å². The number of likely N-dealkylation sites (tertiary alicyclic amines) is 1. The van der Waals surface area contributed by atoms with Crippen LogP contribution in [-0.4, -0.2) is 36.9 Å². The van der Waals surface area contributed by atoms with Gasteiger partial charge in [0.2, 0.25) is 11.5 Å². The van der Waals surface area contributed by atoms with Crippen molar-refractivity contribution in [1.29, 1.82) is 0 Å². The molecule has 4 rings (SSSR count). The van der Waals surface area contributed by atoms with Crippen LogP contribution in [0.2, 0.25) is 0 Å². The number of hydrogen-bond acceptors (Lipinski definition) is 5. The van der Waals surface area contributed by atoms with E-state index >= 15 is 0 Å². The van der Waals surface area contributed by atoms with E-state index in [1.54, 1.807) is 12.3 Å². The van der Waals surface area contributed by atoms with Gasteiger partial charge in [0.05, 0.1) is 17.9 Å². The van der Waals surface area contributed by atoms with Crippen molar-refractivity contribution in [3.8, 4) is 0 Å². The van der Waals surface area contributed by atoms with Gasteiger partial charge in [0.25, 0.3) is 5.91 Å². The monoisotopic (exact) mass is 297 g/mol. The molecule has 1 aliphatic heterocycles. The Labute approximate surface area is 126 Å². The molecule has 1 aliphatic rings. The van der Waals surface area contributed by atoms with Gasteiger partial charge in [-0.1, -0.05) is 5.16 Å². The molecule has 112 valence electrons. The van der Waals surface area contributed by atoms with E-state index in [9.17, 15) is 4.79 Å². The lowest BCUT2D eigenvalue weighted by atomic mass is 9.98. The number of imidazole rings is 1. The third-order valence-corrected chi connectivity index (χ3v) is 4.04. The fourth-order valence-electron chi connectivity index (χ4n) is 2.95. The molecule has 22 heavy (non-hydrogen) atoms. The molecule has 1 saturated heterocycles. The van der Waals surface area contributed by atoms with E-state index in [-0.39, 0.29) is 17.7 Å². The van der Waals surface area contributed by atoms with Gasteiger partial charge in [0.1, 0.15) is 0 Å². The molecule has 0 unspecified atom stereocenters. The van der Waals surface area contributed by atoms with Crippen molar-refractivity contribution in [3.63, 3.8) is 0 Å². The highest BCUT2D eigenvalue weighted by molar-refractivity contribution is 5.91. The Balaban J connectivity index is 1.69. The maximum atomic E-state index is 12.6. The number of hydrogen-bond donors (Lipinski definition) is 0. The quantitative estimate of drug-likeness (QED) is 0.724. The molecule has 3 aromatic heterocycles. The van der Waals surface area contributed by atoms with Gasteiger partial charge >= 0.3 is 0 Å². The van der Waals surface area contributed by atoms with Crippen molar-refractivity contribution in [3.05, 3.63) is 48.4 Å². The van der Waals surface area contributed by atoms with Gasteiger partial charge in [-0.25, -0.2) is 9.97 Å². The largest absolute Gasteiger partial charge is 0.351 e. The van der Waals surface area contributed by atoms with Crippen LogP contribution in [0.4, 0.5) is 0 Å². The Hall–Kier alpha value is -2.70. The fourth-order valence-corrected chi connectivity index (χ4v) is 2.95.